The first-order valence-corrected chi connectivity index (χ1v) is 8.55. The van der Waals surface area contributed by atoms with Crippen molar-refractivity contribution in [1.29, 1.82) is 0 Å². The molecule has 0 unspecified atom stereocenters. The van der Waals surface area contributed by atoms with Crippen LogP contribution >= 0.6 is 0 Å². The van der Waals surface area contributed by atoms with Crippen molar-refractivity contribution in [3.63, 3.8) is 0 Å². The average Bonchev–Trinajstić information content (AvgIpc) is 3.27. The molecule has 1 saturated carbocycles. The van der Waals surface area contributed by atoms with Crippen molar-refractivity contribution in [2.45, 2.75) is 38.5 Å². The van der Waals surface area contributed by atoms with Gasteiger partial charge in [-0.3, -0.25) is 0 Å². The summed E-state index contributed by atoms with van der Waals surface area (Å²) in [6, 6.07) is 4.68. The Kier molecular flexibility index (Phi) is 4.40. The molecule has 7 nitrogen and oxygen atoms in total. The van der Waals surface area contributed by atoms with Gasteiger partial charge in [0, 0.05) is 17.2 Å². The Labute approximate surface area is 156 Å². The largest absolute Gasteiger partial charge is 0.451 e. The maximum absolute atomic E-state index is 12.9. The van der Waals surface area contributed by atoms with E-state index in [1.54, 1.807) is 6.92 Å². The Hall–Kier alpha value is -3.17. The number of benzene rings is 1. The first kappa shape index (κ1) is 18.2. The fraction of sp³-hybridized carbons (Fsp3) is 0.333. The van der Waals surface area contributed by atoms with E-state index in [1.165, 1.54) is 12.1 Å². The van der Waals surface area contributed by atoms with Crippen molar-refractivity contribution in [1.82, 2.24) is 20.2 Å². The van der Waals surface area contributed by atoms with Gasteiger partial charge in [0.25, 0.3) is 5.89 Å². The number of nitrogens with zero attached hydrogens (tertiary/aromatic N) is 3. The molecule has 1 N–H and O–H groups in total. The minimum atomic E-state index is -4.47. The van der Waals surface area contributed by atoms with Gasteiger partial charge in [0.05, 0.1) is 5.56 Å². The van der Waals surface area contributed by atoms with Crippen molar-refractivity contribution in [2.75, 3.05) is 0 Å². The summed E-state index contributed by atoms with van der Waals surface area (Å²) in [5.41, 5.74) is -0.232. The smallest absolute Gasteiger partial charge is 0.416 e. The number of carbonyl (C=O) groups is 1. The van der Waals surface area contributed by atoms with Gasteiger partial charge in [-0.15, -0.1) is 10.2 Å². The number of alkyl halides is 3. The van der Waals surface area contributed by atoms with Gasteiger partial charge in [0.15, 0.2) is 12.3 Å². The average molecular weight is 392 g/mol. The molecule has 0 spiro atoms. The van der Waals surface area contributed by atoms with Crippen LogP contribution < -0.4 is 0 Å². The van der Waals surface area contributed by atoms with Crippen LogP contribution in [0.25, 0.3) is 11.4 Å². The highest BCUT2D eigenvalue weighted by Crippen LogP contribution is 2.39. The summed E-state index contributed by atoms with van der Waals surface area (Å²) in [5, 5.41) is 7.72. The number of halogens is 3. The van der Waals surface area contributed by atoms with E-state index in [-0.39, 0.29) is 29.6 Å². The van der Waals surface area contributed by atoms with E-state index < -0.39 is 17.7 Å². The van der Waals surface area contributed by atoms with Crippen molar-refractivity contribution in [2.24, 2.45) is 0 Å². The number of rotatable bonds is 5. The molecule has 0 bridgehead atoms. The number of ether oxygens (including phenoxy) is 1. The molecule has 1 aliphatic rings. The van der Waals surface area contributed by atoms with Crippen LogP contribution in [0.1, 0.15) is 52.3 Å². The van der Waals surface area contributed by atoms with Crippen LogP contribution in [0.4, 0.5) is 13.2 Å². The van der Waals surface area contributed by atoms with Gasteiger partial charge in [0.2, 0.25) is 5.89 Å². The normalized spacial score (nSPS) is 14.3. The van der Waals surface area contributed by atoms with E-state index >= 15 is 0 Å². The van der Waals surface area contributed by atoms with E-state index in [0.29, 0.717) is 17.5 Å². The van der Waals surface area contributed by atoms with Crippen molar-refractivity contribution < 1.29 is 27.1 Å². The SMILES string of the molecule is Cc1[nH]c(-c2cccc(C(F)(F)F)c2)nc1C(=O)OCc1nnc(C2CC2)o1. The van der Waals surface area contributed by atoms with Crippen molar-refractivity contribution in [3.05, 3.63) is 53.0 Å². The molecule has 3 aromatic rings. The van der Waals surface area contributed by atoms with Crippen LogP contribution in [-0.4, -0.2) is 26.1 Å². The van der Waals surface area contributed by atoms with Gasteiger partial charge in [-0.25, -0.2) is 9.78 Å². The van der Waals surface area contributed by atoms with E-state index in [0.717, 1.165) is 25.0 Å². The molecular formula is C18H15F3N4O3. The van der Waals surface area contributed by atoms with E-state index in [4.69, 9.17) is 9.15 Å². The molecule has 10 heteroatoms. The number of carbonyl (C=O) groups excluding carboxylic acids is 1. The van der Waals surface area contributed by atoms with Crippen LogP contribution in [0, 0.1) is 6.92 Å². The Bertz CT molecular complexity index is 1020. The summed E-state index contributed by atoms with van der Waals surface area (Å²) in [5.74, 6) is 0.415. The minimum Gasteiger partial charge on any atom is -0.451 e. The fourth-order valence-electron chi connectivity index (χ4n) is 2.65. The number of hydrogen-bond acceptors (Lipinski definition) is 6. The number of aryl methyl sites for hydroxylation is 1. The maximum Gasteiger partial charge on any atom is 0.416 e. The number of nitrogens with one attached hydrogen (secondary N) is 1. The molecule has 1 aliphatic carbocycles. The summed E-state index contributed by atoms with van der Waals surface area (Å²) in [4.78, 5) is 19.2. The predicted molar refractivity (Wildman–Crippen MR) is 89.2 cm³/mol. The lowest BCUT2D eigenvalue weighted by atomic mass is 10.1. The van der Waals surface area contributed by atoms with E-state index in [1.807, 2.05) is 0 Å². The van der Waals surface area contributed by atoms with Gasteiger partial charge in [-0.2, -0.15) is 13.2 Å². The van der Waals surface area contributed by atoms with Gasteiger partial charge >= 0.3 is 12.1 Å². The van der Waals surface area contributed by atoms with Crippen LogP contribution in [0.5, 0.6) is 0 Å². The molecule has 0 amide bonds. The predicted octanol–water partition coefficient (Wildman–Crippen LogP) is 4.02. The minimum absolute atomic E-state index is 0.0191. The first-order valence-electron chi connectivity index (χ1n) is 8.55. The van der Waals surface area contributed by atoms with Crippen LogP contribution in [0.3, 0.4) is 0 Å². The molecule has 2 aromatic heterocycles. The molecule has 0 atom stereocenters. The molecule has 0 radical (unpaired) electrons. The lowest BCUT2D eigenvalue weighted by Gasteiger charge is -2.07. The Morgan fingerprint density at radius 1 is 1.32 bits per heavy atom. The lowest BCUT2D eigenvalue weighted by Crippen LogP contribution is -2.07. The molecule has 28 heavy (non-hydrogen) atoms. The van der Waals surface area contributed by atoms with Gasteiger partial charge in [-0.05, 0) is 31.9 Å². The molecule has 0 aliphatic heterocycles. The molecule has 4 rings (SSSR count). The number of aromatic nitrogens is 4. The summed E-state index contributed by atoms with van der Waals surface area (Å²) < 4.78 is 49.2. The summed E-state index contributed by atoms with van der Waals surface area (Å²) in [7, 11) is 0. The second-order valence-corrected chi connectivity index (χ2v) is 6.52. The van der Waals surface area contributed by atoms with Crippen molar-refractivity contribution in [3.8, 4) is 11.4 Å². The number of hydrogen-bond donors (Lipinski definition) is 1. The second-order valence-electron chi connectivity index (χ2n) is 6.52. The van der Waals surface area contributed by atoms with Gasteiger partial charge in [-0.1, -0.05) is 12.1 Å². The zero-order chi connectivity index (χ0) is 19.9. The van der Waals surface area contributed by atoms with Gasteiger partial charge in [0.1, 0.15) is 5.82 Å². The molecule has 146 valence electrons. The van der Waals surface area contributed by atoms with Crippen LogP contribution in [-0.2, 0) is 17.5 Å². The number of aromatic amines is 1. The molecule has 1 aromatic carbocycles. The molecular weight excluding hydrogens is 377 g/mol. The fourth-order valence-corrected chi connectivity index (χ4v) is 2.65. The highest BCUT2D eigenvalue weighted by atomic mass is 19.4. The second kappa shape index (κ2) is 6.77. The Morgan fingerprint density at radius 3 is 2.82 bits per heavy atom. The molecule has 2 heterocycles. The summed E-state index contributed by atoms with van der Waals surface area (Å²) >= 11 is 0. The van der Waals surface area contributed by atoms with Gasteiger partial charge < -0.3 is 14.1 Å². The number of H-pyrrole nitrogens is 1. The summed E-state index contributed by atoms with van der Waals surface area (Å²) in [6.45, 7) is 1.38. The van der Waals surface area contributed by atoms with E-state index in [9.17, 15) is 18.0 Å². The zero-order valence-corrected chi connectivity index (χ0v) is 14.7. The third kappa shape index (κ3) is 3.75. The Balaban J connectivity index is 1.48. The highest BCUT2D eigenvalue weighted by molar-refractivity contribution is 5.89. The first-order chi connectivity index (χ1) is 13.3. The number of imidazole rings is 1. The Morgan fingerprint density at radius 2 is 2.11 bits per heavy atom. The standard InChI is InChI=1S/C18H15F3N4O3/c1-9-14(17(26)27-8-13-24-25-16(28-13)10-5-6-10)23-15(22-9)11-3-2-4-12(7-11)18(19,20)21/h2-4,7,10H,5-6,8H2,1H3,(H,22,23). The molecule has 0 saturated heterocycles. The molecule has 1 fully saturated rings. The van der Waals surface area contributed by atoms with Crippen LogP contribution in [0.15, 0.2) is 28.7 Å². The van der Waals surface area contributed by atoms with E-state index in [2.05, 4.69) is 20.2 Å². The third-order valence-corrected chi connectivity index (χ3v) is 4.28. The summed E-state index contributed by atoms with van der Waals surface area (Å²) in [6.07, 6.45) is -2.46. The monoisotopic (exact) mass is 392 g/mol. The maximum atomic E-state index is 12.9. The highest BCUT2D eigenvalue weighted by Gasteiger charge is 2.31. The third-order valence-electron chi connectivity index (χ3n) is 4.28. The zero-order valence-electron chi connectivity index (χ0n) is 14.7. The van der Waals surface area contributed by atoms with Crippen molar-refractivity contribution >= 4 is 5.97 Å². The number of esters is 1. The lowest BCUT2D eigenvalue weighted by molar-refractivity contribution is -0.137. The quantitative estimate of drug-likeness (QED) is 0.659. The van der Waals surface area contributed by atoms with Crippen LogP contribution in [0.2, 0.25) is 0 Å². The topological polar surface area (TPSA) is 93.9 Å².